The summed E-state index contributed by atoms with van der Waals surface area (Å²) in [6.07, 6.45) is 6.79. The van der Waals surface area contributed by atoms with Crippen LogP contribution in [0.15, 0.2) is 0 Å². The number of aliphatic carboxylic acids is 1. The molecule has 1 atom stereocenters. The Kier molecular flexibility index (Phi) is 5.35. The Bertz CT molecular complexity index is 368. The molecule has 5 heteroatoms. The van der Waals surface area contributed by atoms with E-state index in [1.54, 1.807) is 11.8 Å². The van der Waals surface area contributed by atoms with Crippen molar-refractivity contribution in [3.8, 4) is 0 Å². The summed E-state index contributed by atoms with van der Waals surface area (Å²) >= 11 is 1.62. The molecule has 0 radical (unpaired) electrons. The zero-order chi connectivity index (χ0) is 14.6. The predicted molar refractivity (Wildman–Crippen MR) is 80.9 cm³/mol. The van der Waals surface area contributed by atoms with Gasteiger partial charge in [0.05, 0.1) is 12.2 Å². The minimum absolute atomic E-state index is 0.0111. The van der Waals surface area contributed by atoms with Crippen LogP contribution in [0.1, 0.15) is 51.9 Å². The van der Waals surface area contributed by atoms with Gasteiger partial charge in [-0.15, -0.1) is 0 Å². The van der Waals surface area contributed by atoms with Gasteiger partial charge in [0.25, 0.3) is 0 Å². The summed E-state index contributed by atoms with van der Waals surface area (Å²) in [6.45, 7) is 3.05. The average molecular weight is 299 g/mol. The molecule has 1 amide bonds. The molecule has 1 saturated heterocycles. The Balaban J connectivity index is 1.73. The Morgan fingerprint density at radius 3 is 2.70 bits per heavy atom. The number of thioether (sulfide) groups is 1. The smallest absolute Gasteiger partial charge is 0.303 e. The molecule has 2 rings (SSSR count). The molecule has 1 heterocycles. The third kappa shape index (κ3) is 4.14. The Morgan fingerprint density at radius 2 is 2.10 bits per heavy atom. The van der Waals surface area contributed by atoms with Crippen LogP contribution in [0.3, 0.4) is 0 Å². The van der Waals surface area contributed by atoms with Gasteiger partial charge in [0.2, 0.25) is 5.91 Å². The molecule has 4 nitrogen and oxygen atoms in total. The lowest BCUT2D eigenvalue weighted by molar-refractivity contribution is -0.138. The lowest BCUT2D eigenvalue weighted by Crippen LogP contribution is -2.44. The van der Waals surface area contributed by atoms with Gasteiger partial charge in [-0.3, -0.25) is 9.59 Å². The lowest BCUT2D eigenvalue weighted by Gasteiger charge is -2.35. The highest BCUT2D eigenvalue weighted by Crippen LogP contribution is 2.51. The van der Waals surface area contributed by atoms with Crippen molar-refractivity contribution >= 4 is 23.6 Å². The van der Waals surface area contributed by atoms with Gasteiger partial charge in [0, 0.05) is 12.6 Å². The number of amides is 1. The molecule has 20 heavy (non-hydrogen) atoms. The molecule has 2 aliphatic rings. The number of nitrogens with zero attached hydrogens (tertiary/aromatic N) is 1. The minimum Gasteiger partial charge on any atom is -0.481 e. The number of hydrogen-bond donors (Lipinski definition) is 1. The molecule has 1 aliphatic heterocycles. The molecule has 114 valence electrons. The number of carbonyl (C=O) groups excluding carboxylic acids is 1. The maximum atomic E-state index is 12.3. The summed E-state index contributed by atoms with van der Waals surface area (Å²) < 4.78 is 0. The molecule has 0 aromatic carbocycles. The number of carboxylic acids is 1. The van der Waals surface area contributed by atoms with Crippen molar-refractivity contribution in [1.29, 1.82) is 0 Å². The fourth-order valence-electron chi connectivity index (χ4n) is 3.06. The zero-order valence-corrected chi connectivity index (χ0v) is 13.1. The van der Waals surface area contributed by atoms with Gasteiger partial charge in [-0.1, -0.05) is 6.92 Å². The Labute approximate surface area is 125 Å². The first-order valence-corrected chi connectivity index (χ1v) is 8.81. The zero-order valence-electron chi connectivity index (χ0n) is 12.3. The van der Waals surface area contributed by atoms with Crippen LogP contribution in [0.25, 0.3) is 0 Å². The van der Waals surface area contributed by atoms with Crippen LogP contribution in [0.4, 0.5) is 0 Å². The van der Waals surface area contributed by atoms with E-state index in [0.717, 1.165) is 44.4 Å². The molecule has 1 unspecified atom stereocenters. The second-order valence-corrected chi connectivity index (χ2v) is 7.19. The highest BCUT2D eigenvalue weighted by molar-refractivity contribution is 7.99. The molecule has 1 N–H and O–H groups in total. The van der Waals surface area contributed by atoms with E-state index in [1.165, 1.54) is 6.42 Å². The summed E-state index contributed by atoms with van der Waals surface area (Å²) in [5.41, 5.74) is -0.0111. The topological polar surface area (TPSA) is 57.6 Å². The first kappa shape index (κ1) is 15.7. The molecule has 0 bridgehead atoms. The lowest BCUT2D eigenvalue weighted by atomic mass is 10.0. The summed E-state index contributed by atoms with van der Waals surface area (Å²) in [5.74, 6) is 0.859. The monoisotopic (exact) mass is 299 g/mol. The third-order valence-corrected chi connectivity index (χ3v) is 5.80. The number of carbonyl (C=O) groups is 2. The van der Waals surface area contributed by atoms with Gasteiger partial charge in [0.1, 0.15) is 0 Å². The van der Waals surface area contributed by atoms with E-state index in [0.29, 0.717) is 11.8 Å². The van der Waals surface area contributed by atoms with E-state index in [1.807, 2.05) is 4.90 Å². The molecule has 0 spiro atoms. The van der Waals surface area contributed by atoms with Gasteiger partial charge < -0.3 is 10.0 Å². The number of hydrogen-bond acceptors (Lipinski definition) is 3. The van der Waals surface area contributed by atoms with Gasteiger partial charge in [-0.25, -0.2) is 0 Å². The molecule has 1 aliphatic carbocycles. The maximum Gasteiger partial charge on any atom is 0.303 e. The second-order valence-electron chi connectivity index (χ2n) is 6.21. The van der Waals surface area contributed by atoms with E-state index in [9.17, 15) is 9.59 Å². The molecular weight excluding hydrogens is 274 g/mol. The fraction of sp³-hybridized carbons (Fsp3) is 0.867. The number of piperidine rings is 1. The van der Waals surface area contributed by atoms with Gasteiger partial charge in [-0.05, 0) is 49.7 Å². The van der Waals surface area contributed by atoms with Crippen molar-refractivity contribution in [2.75, 3.05) is 18.1 Å². The third-order valence-electron chi connectivity index (χ3n) is 4.54. The van der Waals surface area contributed by atoms with Crippen LogP contribution in [0.5, 0.6) is 0 Å². The van der Waals surface area contributed by atoms with E-state index in [-0.39, 0.29) is 17.7 Å². The first-order chi connectivity index (χ1) is 9.56. The molecular formula is C15H25NO3S. The Morgan fingerprint density at radius 1 is 1.35 bits per heavy atom. The van der Waals surface area contributed by atoms with Crippen LogP contribution in [0.2, 0.25) is 0 Å². The summed E-state index contributed by atoms with van der Waals surface area (Å²) in [5, 5.41) is 8.88. The quantitative estimate of drug-likeness (QED) is 0.785. The van der Waals surface area contributed by atoms with Crippen molar-refractivity contribution in [2.45, 2.75) is 57.9 Å². The van der Waals surface area contributed by atoms with Crippen LogP contribution >= 0.6 is 11.8 Å². The van der Waals surface area contributed by atoms with Gasteiger partial charge in [0.15, 0.2) is 0 Å². The maximum absolute atomic E-state index is 12.3. The Hall–Kier alpha value is -0.710. The molecule has 0 aromatic rings. The summed E-state index contributed by atoms with van der Waals surface area (Å²) in [4.78, 5) is 25.1. The number of carboxylic acid groups (broad SMARTS) is 1. The summed E-state index contributed by atoms with van der Waals surface area (Å²) in [6, 6.07) is 0.422. The highest BCUT2D eigenvalue weighted by atomic mass is 32.2. The van der Waals surface area contributed by atoms with E-state index < -0.39 is 5.97 Å². The van der Waals surface area contributed by atoms with E-state index in [2.05, 4.69) is 6.92 Å². The molecule has 0 aromatic heterocycles. The normalized spacial score (nSPS) is 24.4. The van der Waals surface area contributed by atoms with E-state index >= 15 is 0 Å². The van der Waals surface area contributed by atoms with Crippen molar-refractivity contribution in [2.24, 2.45) is 5.41 Å². The number of rotatable bonds is 7. The van der Waals surface area contributed by atoms with Crippen molar-refractivity contribution in [1.82, 2.24) is 4.90 Å². The predicted octanol–water partition coefficient (Wildman–Crippen LogP) is 2.77. The van der Waals surface area contributed by atoms with Crippen molar-refractivity contribution < 1.29 is 14.7 Å². The first-order valence-electron chi connectivity index (χ1n) is 7.65. The van der Waals surface area contributed by atoms with Crippen LogP contribution in [-0.4, -0.2) is 46.0 Å². The van der Waals surface area contributed by atoms with Crippen LogP contribution in [0, 0.1) is 5.41 Å². The molecule has 2 fully saturated rings. The standard InChI is InChI=1S/C15H25NO3S/c1-2-12-5-3-4-8-16(12)13(17)10-20-11-15(6-7-15)9-14(18)19/h12H,2-11H2,1H3,(H,18,19). The summed E-state index contributed by atoms with van der Waals surface area (Å²) in [7, 11) is 0. The van der Waals surface area contributed by atoms with Gasteiger partial charge in [-0.2, -0.15) is 11.8 Å². The van der Waals surface area contributed by atoms with Crippen LogP contribution in [-0.2, 0) is 9.59 Å². The van der Waals surface area contributed by atoms with Crippen LogP contribution < -0.4 is 0 Å². The SMILES string of the molecule is CCC1CCCCN1C(=O)CSCC1(CC(=O)O)CC1. The largest absolute Gasteiger partial charge is 0.481 e. The van der Waals surface area contributed by atoms with Gasteiger partial charge >= 0.3 is 5.97 Å². The van der Waals surface area contributed by atoms with E-state index in [4.69, 9.17) is 5.11 Å². The highest BCUT2D eigenvalue weighted by Gasteiger charge is 2.44. The fourth-order valence-corrected chi connectivity index (χ4v) is 4.33. The minimum atomic E-state index is -0.712. The average Bonchev–Trinajstić information content (AvgIpc) is 3.17. The number of likely N-dealkylation sites (tertiary alicyclic amines) is 1. The van der Waals surface area contributed by atoms with Crippen molar-refractivity contribution in [3.63, 3.8) is 0 Å². The molecule has 1 saturated carbocycles. The van der Waals surface area contributed by atoms with Crippen molar-refractivity contribution in [3.05, 3.63) is 0 Å². The second kappa shape index (κ2) is 6.83.